The minimum Gasteiger partial charge on any atom is -0.398 e. The summed E-state index contributed by atoms with van der Waals surface area (Å²) in [5, 5.41) is 0.512. The molecule has 2 aromatic carbocycles. The third-order valence-corrected chi connectivity index (χ3v) is 3.13. The van der Waals surface area contributed by atoms with Crippen LogP contribution in [0.3, 0.4) is 0 Å². The lowest BCUT2D eigenvalue weighted by molar-refractivity contribution is 0.103. The summed E-state index contributed by atoms with van der Waals surface area (Å²) in [7, 11) is 0. The van der Waals surface area contributed by atoms with Gasteiger partial charge in [0.1, 0.15) is 0 Å². The lowest BCUT2D eigenvalue weighted by atomic mass is 9.96. The van der Waals surface area contributed by atoms with E-state index in [-0.39, 0.29) is 5.78 Å². The Labute approximate surface area is 111 Å². The predicted octanol–water partition coefficient (Wildman–Crippen LogP) is 3.77. The fourth-order valence-corrected chi connectivity index (χ4v) is 2.02. The van der Waals surface area contributed by atoms with Crippen molar-refractivity contribution >= 4 is 23.1 Å². The summed E-state index contributed by atoms with van der Waals surface area (Å²) in [5.74, 6) is -0.0869. The maximum atomic E-state index is 12.5. The van der Waals surface area contributed by atoms with Gasteiger partial charge in [-0.1, -0.05) is 29.3 Å². The van der Waals surface area contributed by atoms with Gasteiger partial charge in [0.25, 0.3) is 0 Å². The van der Waals surface area contributed by atoms with Gasteiger partial charge >= 0.3 is 0 Å². The number of carbonyl (C=O) groups excluding carboxylic acids is 1. The van der Waals surface area contributed by atoms with Crippen LogP contribution in [0, 0.1) is 13.8 Å². The van der Waals surface area contributed by atoms with Crippen molar-refractivity contribution in [3.8, 4) is 0 Å². The molecule has 0 radical (unpaired) electrons. The monoisotopic (exact) mass is 259 g/mol. The van der Waals surface area contributed by atoms with Gasteiger partial charge < -0.3 is 5.73 Å². The van der Waals surface area contributed by atoms with Gasteiger partial charge in [0.2, 0.25) is 0 Å². The van der Waals surface area contributed by atoms with E-state index in [4.69, 9.17) is 17.3 Å². The first-order valence-electron chi connectivity index (χ1n) is 5.66. The van der Waals surface area contributed by atoms with Crippen LogP contribution in [0.2, 0.25) is 5.02 Å². The number of carbonyl (C=O) groups is 1. The Hall–Kier alpha value is -1.80. The number of anilines is 1. The normalized spacial score (nSPS) is 10.4. The van der Waals surface area contributed by atoms with Gasteiger partial charge in [-0.25, -0.2) is 0 Å². The molecule has 0 aliphatic carbocycles. The van der Waals surface area contributed by atoms with Crippen molar-refractivity contribution in [2.45, 2.75) is 13.8 Å². The molecule has 0 amide bonds. The molecule has 0 heterocycles. The first-order chi connectivity index (χ1) is 8.49. The summed E-state index contributed by atoms with van der Waals surface area (Å²) in [4.78, 5) is 12.5. The smallest absolute Gasteiger partial charge is 0.195 e. The molecule has 0 atom stereocenters. The second-order valence-electron chi connectivity index (χ2n) is 4.38. The van der Waals surface area contributed by atoms with Crippen LogP contribution in [0.1, 0.15) is 27.0 Å². The van der Waals surface area contributed by atoms with E-state index in [0.29, 0.717) is 21.8 Å². The van der Waals surface area contributed by atoms with Gasteiger partial charge in [0.15, 0.2) is 5.78 Å². The highest BCUT2D eigenvalue weighted by Crippen LogP contribution is 2.23. The van der Waals surface area contributed by atoms with Crippen LogP contribution < -0.4 is 5.73 Å². The molecular formula is C15H14ClNO. The molecule has 0 unspecified atom stereocenters. The molecule has 0 saturated heterocycles. The summed E-state index contributed by atoms with van der Waals surface area (Å²) < 4.78 is 0. The largest absolute Gasteiger partial charge is 0.398 e. The molecule has 92 valence electrons. The Morgan fingerprint density at radius 1 is 1.06 bits per heavy atom. The zero-order valence-corrected chi connectivity index (χ0v) is 11.1. The molecule has 18 heavy (non-hydrogen) atoms. The summed E-state index contributed by atoms with van der Waals surface area (Å²) >= 11 is 5.91. The van der Waals surface area contributed by atoms with Gasteiger partial charge in [0, 0.05) is 21.8 Å². The van der Waals surface area contributed by atoms with Crippen molar-refractivity contribution in [2.24, 2.45) is 0 Å². The first-order valence-corrected chi connectivity index (χ1v) is 6.04. The number of nitrogen functional groups attached to an aromatic ring is 1. The zero-order valence-electron chi connectivity index (χ0n) is 10.3. The molecule has 0 aliphatic rings. The number of halogens is 1. The Kier molecular flexibility index (Phi) is 3.39. The minimum atomic E-state index is -0.0869. The Bertz CT molecular complexity index is 566. The summed E-state index contributed by atoms with van der Waals surface area (Å²) in [6.07, 6.45) is 0. The second kappa shape index (κ2) is 4.83. The molecule has 2 nitrogen and oxygen atoms in total. The van der Waals surface area contributed by atoms with Crippen molar-refractivity contribution in [1.82, 2.24) is 0 Å². The van der Waals surface area contributed by atoms with Crippen LogP contribution in [0.25, 0.3) is 0 Å². The average Bonchev–Trinajstić information content (AvgIpc) is 2.34. The first kappa shape index (κ1) is 12.7. The molecule has 0 aromatic heterocycles. The molecule has 2 aromatic rings. The standard InChI is InChI=1S/C15H14ClNO/c1-9-3-4-10(2)12(7-9)15(18)13-8-11(16)5-6-14(13)17/h3-8H,17H2,1-2H3. The number of aryl methyl sites for hydroxylation is 2. The third kappa shape index (κ3) is 2.39. The topological polar surface area (TPSA) is 43.1 Å². The van der Waals surface area contributed by atoms with E-state index >= 15 is 0 Å². The summed E-state index contributed by atoms with van der Waals surface area (Å²) in [6, 6.07) is 10.7. The van der Waals surface area contributed by atoms with Gasteiger partial charge in [-0.2, -0.15) is 0 Å². The number of ketones is 1. The van der Waals surface area contributed by atoms with Crippen molar-refractivity contribution in [1.29, 1.82) is 0 Å². The number of hydrogen-bond acceptors (Lipinski definition) is 2. The van der Waals surface area contributed by atoms with Crippen molar-refractivity contribution in [3.63, 3.8) is 0 Å². The molecule has 2 N–H and O–H groups in total. The van der Waals surface area contributed by atoms with Crippen LogP contribution >= 0.6 is 11.6 Å². The van der Waals surface area contributed by atoms with Crippen molar-refractivity contribution in [2.75, 3.05) is 5.73 Å². The molecule has 0 spiro atoms. The van der Waals surface area contributed by atoms with E-state index in [1.165, 1.54) is 0 Å². The maximum absolute atomic E-state index is 12.5. The van der Waals surface area contributed by atoms with E-state index in [1.807, 2.05) is 32.0 Å². The van der Waals surface area contributed by atoms with Crippen LogP contribution in [-0.2, 0) is 0 Å². The van der Waals surface area contributed by atoms with Gasteiger partial charge in [-0.3, -0.25) is 4.79 Å². The number of benzene rings is 2. The highest BCUT2D eigenvalue weighted by molar-refractivity contribution is 6.31. The summed E-state index contributed by atoms with van der Waals surface area (Å²) in [6.45, 7) is 3.87. The lowest BCUT2D eigenvalue weighted by Crippen LogP contribution is -2.07. The number of rotatable bonds is 2. The van der Waals surface area contributed by atoms with Crippen LogP contribution in [0.5, 0.6) is 0 Å². The minimum absolute atomic E-state index is 0.0869. The highest BCUT2D eigenvalue weighted by atomic mass is 35.5. The SMILES string of the molecule is Cc1ccc(C)c(C(=O)c2cc(Cl)ccc2N)c1. The highest BCUT2D eigenvalue weighted by Gasteiger charge is 2.15. The Balaban J connectivity index is 2.54. The van der Waals surface area contributed by atoms with E-state index in [9.17, 15) is 4.79 Å². The van der Waals surface area contributed by atoms with E-state index < -0.39 is 0 Å². The summed E-state index contributed by atoms with van der Waals surface area (Å²) in [5.41, 5.74) is 9.39. The lowest BCUT2D eigenvalue weighted by Gasteiger charge is -2.09. The molecular weight excluding hydrogens is 246 g/mol. The number of nitrogens with two attached hydrogens (primary N) is 1. The van der Waals surface area contributed by atoms with Crippen LogP contribution in [0.15, 0.2) is 36.4 Å². The second-order valence-corrected chi connectivity index (χ2v) is 4.82. The predicted molar refractivity (Wildman–Crippen MR) is 75.2 cm³/mol. The quantitative estimate of drug-likeness (QED) is 0.659. The molecule has 3 heteroatoms. The van der Waals surface area contributed by atoms with Crippen LogP contribution in [0.4, 0.5) is 5.69 Å². The van der Waals surface area contributed by atoms with E-state index in [2.05, 4.69) is 0 Å². The zero-order chi connectivity index (χ0) is 13.3. The maximum Gasteiger partial charge on any atom is 0.195 e. The van der Waals surface area contributed by atoms with Gasteiger partial charge in [-0.05, 0) is 43.7 Å². The van der Waals surface area contributed by atoms with Crippen molar-refractivity contribution in [3.05, 3.63) is 63.7 Å². The third-order valence-electron chi connectivity index (χ3n) is 2.90. The average molecular weight is 260 g/mol. The van der Waals surface area contributed by atoms with Crippen LogP contribution in [-0.4, -0.2) is 5.78 Å². The van der Waals surface area contributed by atoms with E-state index in [1.54, 1.807) is 18.2 Å². The van der Waals surface area contributed by atoms with Gasteiger partial charge in [-0.15, -0.1) is 0 Å². The molecule has 0 bridgehead atoms. The fourth-order valence-electron chi connectivity index (χ4n) is 1.85. The van der Waals surface area contributed by atoms with Crippen molar-refractivity contribution < 1.29 is 4.79 Å². The molecule has 2 rings (SSSR count). The Morgan fingerprint density at radius 2 is 1.78 bits per heavy atom. The molecule has 0 fully saturated rings. The van der Waals surface area contributed by atoms with Gasteiger partial charge in [0.05, 0.1) is 0 Å². The van der Waals surface area contributed by atoms with E-state index in [0.717, 1.165) is 11.1 Å². The fraction of sp³-hybridized carbons (Fsp3) is 0.133. The molecule has 0 saturated carbocycles. The Morgan fingerprint density at radius 3 is 2.50 bits per heavy atom. The molecule has 0 aliphatic heterocycles. The number of hydrogen-bond donors (Lipinski definition) is 1.